The van der Waals surface area contributed by atoms with Crippen molar-refractivity contribution in [2.24, 2.45) is 0 Å². The molecule has 4 heteroatoms. The second-order valence-electron chi connectivity index (χ2n) is 1.86. The van der Waals surface area contributed by atoms with Crippen LogP contribution in [0.3, 0.4) is 0 Å². The van der Waals surface area contributed by atoms with Crippen molar-refractivity contribution in [1.29, 1.82) is 0 Å². The largest absolute Gasteiger partial charge is 0.472 e. The minimum atomic E-state index is -2.53. The van der Waals surface area contributed by atoms with E-state index in [4.69, 9.17) is 15.3 Å². The Labute approximate surface area is 62.4 Å². The molecule has 0 rings (SSSR count). The molecule has 0 saturated heterocycles. The lowest BCUT2D eigenvalue weighted by Crippen LogP contribution is -2.33. The van der Waals surface area contributed by atoms with Gasteiger partial charge in [-0.05, 0) is 0 Å². The molecule has 0 saturated carbocycles. The Morgan fingerprint density at radius 1 is 1.20 bits per heavy atom. The molecule has 0 heterocycles. The van der Waals surface area contributed by atoms with Crippen molar-refractivity contribution in [2.75, 3.05) is 5.75 Å². The molecule has 0 aliphatic rings. The summed E-state index contributed by atoms with van der Waals surface area (Å²) in [6.07, 6.45) is 0. The minimum Gasteiger partial charge on any atom is -0.472 e. The van der Waals surface area contributed by atoms with Crippen LogP contribution in [0.4, 0.5) is 0 Å². The van der Waals surface area contributed by atoms with Crippen LogP contribution in [0.15, 0.2) is 0 Å². The van der Waals surface area contributed by atoms with Gasteiger partial charge < -0.3 is 25.4 Å². The maximum absolute atomic E-state index is 8.53. The molecule has 0 fully saturated rings. The van der Waals surface area contributed by atoms with Gasteiger partial charge in [-0.25, -0.2) is 10.7 Å². The molecule has 0 aromatic rings. The van der Waals surface area contributed by atoms with Crippen molar-refractivity contribution < 1.29 is 15.3 Å². The molecular formula is C6H13O3S-. The third-order valence-corrected chi connectivity index (χ3v) is 2.90. The summed E-state index contributed by atoms with van der Waals surface area (Å²) < 4.78 is 0. The Kier molecular flexibility index (Phi) is 3.96. The van der Waals surface area contributed by atoms with Gasteiger partial charge in [0.15, 0.2) is 0 Å². The van der Waals surface area contributed by atoms with Crippen LogP contribution in [0, 0.1) is 0 Å². The van der Waals surface area contributed by atoms with Crippen molar-refractivity contribution in [3.05, 3.63) is 0 Å². The molecule has 0 atom stereocenters. The zero-order valence-corrected chi connectivity index (χ0v) is 6.93. The van der Waals surface area contributed by atoms with Crippen LogP contribution >= 0.6 is 0 Å². The summed E-state index contributed by atoms with van der Waals surface area (Å²) in [7, 11) is -0.308. The number of hydrogen-bond donors (Lipinski definition) is 3. The first-order valence-corrected chi connectivity index (χ1v) is 4.46. The fourth-order valence-corrected chi connectivity index (χ4v) is 1.58. The maximum atomic E-state index is 8.53. The van der Waals surface area contributed by atoms with E-state index in [2.05, 4.69) is 0 Å². The minimum absolute atomic E-state index is 0.0417. The van der Waals surface area contributed by atoms with Gasteiger partial charge in [-0.1, -0.05) is 19.6 Å². The van der Waals surface area contributed by atoms with Crippen molar-refractivity contribution in [1.82, 2.24) is 0 Å². The SMILES string of the molecule is CC=[S-](=CC)CC(O)(O)O. The number of hydrogen-bond acceptors (Lipinski definition) is 4. The lowest BCUT2D eigenvalue weighted by molar-refractivity contribution is -0.293. The summed E-state index contributed by atoms with van der Waals surface area (Å²) in [5.74, 6) is -2.57. The van der Waals surface area contributed by atoms with E-state index in [1.165, 1.54) is 0 Å². The van der Waals surface area contributed by atoms with Gasteiger partial charge in [-0.15, -0.1) is 0 Å². The predicted octanol–water partition coefficient (Wildman–Crippen LogP) is -1.12. The molecule has 0 bridgehead atoms. The van der Waals surface area contributed by atoms with E-state index in [-0.39, 0.29) is 15.8 Å². The van der Waals surface area contributed by atoms with Crippen LogP contribution in [-0.4, -0.2) is 37.8 Å². The zero-order chi connectivity index (χ0) is 8.20. The van der Waals surface area contributed by atoms with Crippen molar-refractivity contribution in [2.45, 2.75) is 19.8 Å². The molecule has 0 unspecified atom stereocenters. The van der Waals surface area contributed by atoms with Gasteiger partial charge in [0.05, 0.1) is 0 Å². The lowest BCUT2D eigenvalue weighted by atomic mass is 10.7. The van der Waals surface area contributed by atoms with Crippen LogP contribution in [0.1, 0.15) is 13.8 Å². The van der Waals surface area contributed by atoms with E-state index in [1.807, 2.05) is 24.6 Å². The van der Waals surface area contributed by atoms with Gasteiger partial charge in [0.25, 0.3) is 5.97 Å². The second kappa shape index (κ2) is 3.98. The molecular weight excluding hydrogens is 152 g/mol. The van der Waals surface area contributed by atoms with E-state index < -0.39 is 5.97 Å². The molecule has 0 aliphatic carbocycles. The Bertz CT molecular complexity index is 162. The van der Waals surface area contributed by atoms with Gasteiger partial charge in [-0.2, -0.15) is 0 Å². The predicted molar refractivity (Wildman–Crippen MR) is 45.1 cm³/mol. The van der Waals surface area contributed by atoms with Gasteiger partial charge in [0.1, 0.15) is 0 Å². The highest BCUT2D eigenvalue weighted by molar-refractivity contribution is 7.93. The lowest BCUT2D eigenvalue weighted by Gasteiger charge is -2.19. The van der Waals surface area contributed by atoms with Crippen LogP contribution < -0.4 is 0 Å². The van der Waals surface area contributed by atoms with Crippen molar-refractivity contribution in [3.8, 4) is 0 Å². The second-order valence-corrected chi connectivity index (χ2v) is 4.03. The van der Waals surface area contributed by atoms with Gasteiger partial charge >= 0.3 is 0 Å². The van der Waals surface area contributed by atoms with E-state index >= 15 is 0 Å². The standard InChI is InChI=1S/C6H13O3S/c1-3-10(4-2)5-6(7,8)9/h3-4,7-9H,5H2,1-2H3/q-1. The van der Waals surface area contributed by atoms with Crippen molar-refractivity contribution >= 4 is 20.8 Å². The highest BCUT2D eigenvalue weighted by Crippen LogP contribution is 1.91. The summed E-state index contributed by atoms with van der Waals surface area (Å²) in [4.78, 5) is 0. The molecule has 3 N–H and O–H groups in total. The molecule has 0 amide bonds. The van der Waals surface area contributed by atoms with Crippen molar-refractivity contribution in [3.63, 3.8) is 0 Å². The third kappa shape index (κ3) is 4.81. The van der Waals surface area contributed by atoms with Crippen LogP contribution in [0.5, 0.6) is 0 Å². The number of aliphatic hydroxyl groups is 3. The highest BCUT2D eigenvalue weighted by atomic mass is 32.2. The highest BCUT2D eigenvalue weighted by Gasteiger charge is 2.09. The molecule has 0 spiro atoms. The zero-order valence-electron chi connectivity index (χ0n) is 6.11. The van der Waals surface area contributed by atoms with Gasteiger partial charge in [0.2, 0.25) is 0 Å². The molecule has 0 aromatic carbocycles. The Morgan fingerprint density at radius 3 is 1.70 bits per heavy atom. The molecule has 0 aromatic heterocycles. The summed E-state index contributed by atoms with van der Waals surface area (Å²) >= 11 is 0. The summed E-state index contributed by atoms with van der Waals surface area (Å²) in [6, 6.07) is 0. The Balaban J connectivity index is 4.17. The fourth-order valence-electron chi connectivity index (χ4n) is 0.526. The summed E-state index contributed by atoms with van der Waals surface area (Å²) in [6.45, 7) is 3.63. The molecule has 62 valence electrons. The van der Waals surface area contributed by atoms with Crippen LogP contribution in [-0.2, 0) is 10.1 Å². The fraction of sp³-hybridized carbons (Fsp3) is 0.667. The molecule has 10 heavy (non-hydrogen) atoms. The monoisotopic (exact) mass is 165 g/mol. The first-order valence-electron chi connectivity index (χ1n) is 2.94. The summed E-state index contributed by atoms with van der Waals surface area (Å²) in [5.41, 5.74) is 0. The normalized spacial score (nSPS) is 16.1. The molecule has 0 aliphatic heterocycles. The van der Waals surface area contributed by atoms with E-state index in [0.29, 0.717) is 0 Å². The quantitative estimate of drug-likeness (QED) is 0.276. The average molecular weight is 165 g/mol. The van der Waals surface area contributed by atoms with Gasteiger partial charge in [0, 0.05) is 0 Å². The molecule has 3 nitrogen and oxygen atoms in total. The van der Waals surface area contributed by atoms with Gasteiger partial charge in [-0.3, -0.25) is 0 Å². The van der Waals surface area contributed by atoms with Crippen LogP contribution in [0.2, 0.25) is 0 Å². The van der Waals surface area contributed by atoms with E-state index in [0.717, 1.165) is 0 Å². The smallest absolute Gasteiger partial charge is 0.255 e. The Morgan fingerprint density at radius 2 is 1.60 bits per heavy atom. The van der Waals surface area contributed by atoms with E-state index in [1.54, 1.807) is 0 Å². The summed E-state index contributed by atoms with van der Waals surface area (Å²) in [5, 5.41) is 29.2. The first-order chi connectivity index (χ1) is 4.49. The molecule has 0 radical (unpaired) electrons. The average Bonchev–Trinajstić information content (AvgIpc) is 1.81. The topological polar surface area (TPSA) is 60.7 Å². The number of rotatable bonds is 2. The Hall–Kier alpha value is -0.0300. The van der Waals surface area contributed by atoms with E-state index in [9.17, 15) is 0 Å². The first kappa shape index (κ1) is 9.97. The third-order valence-electron chi connectivity index (χ3n) is 0.966. The maximum Gasteiger partial charge on any atom is 0.255 e. The van der Waals surface area contributed by atoms with Crippen LogP contribution in [0.25, 0.3) is 0 Å².